The maximum absolute atomic E-state index is 12.2. The van der Waals surface area contributed by atoms with Crippen LogP contribution in [-0.2, 0) is 11.2 Å². The summed E-state index contributed by atoms with van der Waals surface area (Å²) in [5.74, 6) is 1.11. The monoisotopic (exact) mass is 298 g/mol. The fraction of sp³-hybridized carbons (Fsp3) is 0.235. The van der Waals surface area contributed by atoms with Crippen LogP contribution in [0.4, 0.5) is 5.69 Å². The van der Waals surface area contributed by atoms with Crippen LogP contribution in [-0.4, -0.2) is 25.2 Å². The first-order chi connectivity index (χ1) is 10.7. The van der Waals surface area contributed by atoms with Crippen molar-refractivity contribution < 1.29 is 14.3 Å². The summed E-state index contributed by atoms with van der Waals surface area (Å²) in [5.41, 5.74) is 7.65. The van der Waals surface area contributed by atoms with E-state index in [0.717, 1.165) is 5.56 Å². The third-order valence-corrected chi connectivity index (χ3v) is 3.44. The summed E-state index contributed by atoms with van der Waals surface area (Å²) in [6, 6.07) is 14.4. The molecule has 0 radical (unpaired) electrons. The Morgan fingerprint density at radius 2 is 1.82 bits per heavy atom. The molecule has 0 unspecified atom stereocenters. The fourth-order valence-corrected chi connectivity index (χ4v) is 2.32. The molecular formula is C17H18N2O3. The van der Waals surface area contributed by atoms with Gasteiger partial charge in [0.1, 0.15) is 13.2 Å². The van der Waals surface area contributed by atoms with Gasteiger partial charge in [-0.05, 0) is 24.1 Å². The van der Waals surface area contributed by atoms with Gasteiger partial charge in [0.05, 0.1) is 6.04 Å². The summed E-state index contributed by atoms with van der Waals surface area (Å²) in [5, 5.41) is 2.81. The van der Waals surface area contributed by atoms with Crippen LogP contribution in [0.1, 0.15) is 5.56 Å². The molecule has 0 saturated carbocycles. The van der Waals surface area contributed by atoms with Gasteiger partial charge in [0.15, 0.2) is 11.5 Å². The van der Waals surface area contributed by atoms with E-state index in [2.05, 4.69) is 5.32 Å². The van der Waals surface area contributed by atoms with Gasteiger partial charge in [-0.3, -0.25) is 4.79 Å². The highest BCUT2D eigenvalue weighted by atomic mass is 16.6. The zero-order valence-corrected chi connectivity index (χ0v) is 12.1. The van der Waals surface area contributed by atoms with Gasteiger partial charge in [-0.15, -0.1) is 0 Å². The van der Waals surface area contributed by atoms with Gasteiger partial charge < -0.3 is 20.5 Å². The molecule has 0 aromatic heterocycles. The highest BCUT2D eigenvalue weighted by molar-refractivity contribution is 5.95. The smallest absolute Gasteiger partial charge is 0.241 e. The Morgan fingerprint density at radius 3 is 2.59 bits per heavy atom. The number of amides is 1. The van der Waals surface area contributed by atoms with Crippen LogP contribution in [0.5, 0.6) is 11.5 Å². The molecule has 2 aromatic carbocycles. The quantitative estimate of drug-likeness (QED) is 0.905. The minimum Gasteiger partial charge on any atom is -0.486 e. The standard InChI is InChI=1S/C17H18N2O3/c18-14(10-12-4-2-1-3-5-12)17(20)19-13-6-7-15-16(11-13)22-9-8-21-15/h1-7,11,14H,8-10,18H2,(H,19,20)/t14-/m0/s1. The Morgan fingerprint density at radius 1 is 1.09 bits per heavy atom. The van der Waals surface area contributed by atoms with Crippen molar-refractivity contribution in [2.24, 2.45) is 5.73 Å². The van der Waals surface area contributed by atoms with E-state index in [9.17, 15) is 4.79 Å². The normalized spacial score (nSPS) is 14.2. The van der Waals surface area contributed by atoms with Gasteiger partial charge in [-0.1, -0.05) is 30.3 Å². The minimum atomic E-state index is -0.601. The van der Waals surface area contributed by atoms with Crippen LogP contribution >= 0.6 is 0 Å². The van der Waals surface area contributed by atoms with Crippen molar-refractivity contribution in [1.29, 1.82) is 0 Å². The fourth-order valence-electron chi connectivity index (χ4n) is 2.32. The first kappa shape index (κ1) is 14.4. The van der Waals surface area contributed by atoms with Crippen molar-refractivity contribution >= 4 is 11.6 Å². The van der Waals surface area contributed by atoms with E-state index < -0.39 is 6.04 Å². The molecule has 1 aliphatic heterocycles. The van der Waals surface area contributed by atoms with Crippen LogP contribution in [0.15, 0.2) is 48.5 Å². The van der Waals surface area contributed by atoms with E-state index in [4.69, 9.17) is 15.2 Å². The molecule has 1 aliphatic rings. The maximum atomic E-state index is 12.2. The molecule has 114 valence electrons. The van der Waals surface area contributed by atoms with Crippen molar-refractivity contribution in [2.45, 2.75) is 12.5 Å². The van der Waals surface area contributed by atoms with E-state index in [1.54, 1.807) is 18.2 Å². The lowest BCUT2D eigenvalue weighted by Gasteiger charge is -2.19. The van der Waals surface area contributed by atoms with Crippen LogP contribution in [0.2, 0.25) is 0 Å². The number of carbonyl (C=O) groups excluding carboxylic acids is 1. The topological polar surface area (TPSA) is 73.6 Å². The molecule has 3 N–H and O–H groups in total. The Kier molecular flexibility index (Phi) is 4.25. The van der Waals surface area contributed by atoms with Gasteiger partial charge >= 0.3 is 0 Å². The second kappa shape index (κ2) is 6.49. The highest BCUT2D eigenvalue weighted by Crippen LogP contribution is 2.32. The molecule has 2 aromatic rings. The van der Waals surface area contributed by atoms with Crippen molar-refractivity contribution in [3.63, 3.8) is 0 Å². The van der Waals surface area contributed by atoms with E-state index in [1.807, 2.05) is 30.3 Å². The maximum Gasteiger partial charge on any atom is 0.241 e. The molecule has 5 nitrogen and oxygen atoms in total. The average Bonchev–Trinajstić information content (AvgIpc) is 2.55. The predicted octanol–water partition coefficient (Wildman–Crippen LogP) is 1.97. The lowest BCUT2D eigenvalue weighted by Crippen LogP contribution is -2.37. The SMILES string of the molecule is N[C@@H](Cc1ccccc1)C(=O)Nc1ccc2c(c1)OCCO2. The third kappa shape index (κ3) is 3.38. The van der Waals surface area contributed by atoms with Gasteiger partial charge in [0.2, 0.25) is 5.91 Å². The number of fused-ring (bicyclic) bond motifs is 1. The summed E-state index contributed by atoms with van der Waals surface area (Å²) < 4.78 is 10.9. The number of nitrogens with one attached hydrogen (secondary N) is 1. The molecule has 1 amide bonds. The first-order valence-electron chi connectivity index (χ1n) is 7.22. The number of hydrogen-bond acceptors (Lipinski definition) is 4. The molecule has 1 heterocycles. The zero-order chi connectivity index (χ0) is 15.4. The van der Waals surface area contributed by atoms with Crippen LogP contribution in [0.25, 0.3) is 0 Å². The van der Waals surface area contributed by atoms with Gasteiger partial charge in [0, 0.05) is 11.8 Å². The van der Waals surface area contributed by atoms with Crippen molar-refractivity contribution in [2.75, 3.05) is 18.5 Å². The highest BCUT2D eigenvalue weighted by Gasteiger charge is 2.16. The van der Waals surface area contributed by atoms with Crippen LogP contribution in [0, 0.1) is 0 Å². The molecule has 0 fully saturated rings. The van der Waals surface area contributed by atoms with Crippen LogP contribution < -0.4 is 20.5 Å². The lowest BCUT2D eigenvalue weighted by atomic mass is 10.1. The van der Waals surface area contributed by atoms with Gasteiger partial charge in [-0.2, -0.15) is 0 Å². The summed E-state index contributed by atoms with van der Waals surface area (Å²) in [4.78, 5) is 12.2. The van der Waals surface area contributed by atoms with Crippen molar-refractivity contribution in [3.05, 3.63) is 54.1 Å². The van der Waals surface area contributed by atoms with Gasteiger partial charge in [0.25, 0.3) is 0 Å². The Labute approximate surface area is 129 Å². The number of anilines is 1. The first-order valence-corrected chi connectivity index (χ1v) is 7.22. The summed E-state index contributed by atoms with van der Waals surface area (Å²) >= 11 is 0. The second-order valence-corrected chi connectivity index (χ2v) is 5.14. The Balaban J connectivity index is 1.63. The number of rotatable bonds is 4. The number of carbonyl (C=O) groups is 1. The number of nitrogens with two attached hydrogens (primary N) is 1. The molecule has 0 saturated heterocycles. The van der Waals surface area contributed by atoms with Crippen LogP contribution in [0.3, 0.4) is 0 Å². The van der Waals surface area contributed by atoms with Gasteiger partial charge in [-0.25, -0.2) is 0 Å². The molecule has 0 aliphatic carbocycles. The lowest BCUT2D eigenvalue weighted by molar-refractivity contribution is -0.117. The predicted molar refractivity (Wildman–Crippen MR) is 84.2 cm³/mol. The zero-order valence-electron chi connectivity index (χ0n) is 12.1. The van der Waals surface area contributed by atoms with Crippen molar-refractivity contribution in [1.82, 2.24) is 0 Å². The van der Waals surface area contributed by atoms with E-state index in [0.29, 0.717) is 36.8 Å². The molecule has 3 rings (SSSR count). The molecular weight excluding hydrogens is 280 g/mol. The summed E-state index contributed by atoms with van der Waals surface area (Å²) in [6.45, 7) is 1.05. The number of ether oxygens (including phenoxy) is 2. The number of benzene rings is 2. The average molecular weight is 298 g/mol. The molecule has 0 spiro atoms. The third-order valence-electron chi connectivity index (χ3n) is 3.44. The summed E-state index contributed by atoms with van der Waals surface area (Å²) in [6.07, 6.45) is 0.497. The molecule has 5 heteroatoms. The second-order valence-electron chi connectivity index (χ2n) is 5.14. The van der Waals surface area contributed by atoms with E-state index in [1.165, 1.54) is 0 Å². The molecule has 0 bridgehead atoms. The molecule has 22 heavy (non-hydrogen) atoms. The van der Waals surface area contributed by atoms with Crippen molar-refractivity contribution in [3.8, 4) is 11.5 Å². The minimum absolute atomic E-state index is 0.222. The Hall–Kier alpha value is -2.53. The van der Waals surface area contributed by atoms with E-state index >= 15 is 0 Å². The van der Waals surface area contributed by atoms with E-state index in [-0.39, 0.29) is 5.91 Å². The summed E-state index contributed by atoms with van der Waals surface area (Å²) in [7, 11) is 0. The largest absolute Gasteiger partial charge is 0.486 e. The Bertz CT molecular complexity index is 658. The molecule has 1 atom stereocenters. The number of hydrogen-bond donors (Lipinski definition) is 2.